The van der Waals surface area contributed by atoms with Gasteiger partial charge in [-0.25, -0.2) is 5.43 Å². The number of hydrogen-bond acceptors (Lipinski definition) is 2. The van der Waals surface area contributed by atoms with E-state index >= 15 is 0 Å². The van der Waals surface area contributed by atoms with Crippen molar-refractivity contribution < 1.29 is 4.79 Å². The lowest BCUT2D eigenvalue weighted by Gasteiger charge is -2.06. The normalized spacial score (nSPS) is 11.5. The van der Waals surface area contributed by atoms with Crippen LogP contribution in [0, 0.1) is 0 Å². The van der Waals surface area contributed by atoms with Crippen LogP contribution >= 0.6 is 0 Å². The Balaban J connectivity index is 2.18. The fourth-order valence-corrected chi connectivity index (χ4v) is 2.91. The molecule has 1 N–H and O–H groups in total. The van der Waals surface area contributed by atoms with Gasteiger partial charge in [-0.15, -0.1) is 0 Å². The van der Waals surface area contributed by atoms with Gasteiger partial charge in [0.1, 0.15) is 0 Å². The van der Waals surface area contributed by atoms with Crippen molar-refractivity contribution in [3.63, 3.8) is 0 Å². The maximum atomic E-state index is 12.0. The predicted octanol–water partition coefficient (Wildman–Crippen LogP) is 6.23. The molecule has 0 aliphatic rings. The van der Waals surface area contributed by atoms with Gasteiger partial charge in [-0.05, 0) is 18.4 Å². The maximum Gasteiger partial charge on any atom is 0.240 e. The van der Waals surface area contributed by atoms with Crippen molar-refractivity contribution in [3.05, 3.63) is 35.9 Å². The molecule has 1 rings (SSSR count). The number of unbranched alkanes of at least 4 members (excludes halogenated alkanes) is 8. The highest BCUT2D eigenvalue weighted by Gasteiger charge is 2.04. The van der Waals surface area contributed by atoms with E-state index in [4.69, 9.17) is 0 Å². The summed E-state index contributed by atoms with van der Waals surface area (Å²) in [7, 11) is 0. The second-order valence-corrected chi connectivity index (χ2v) is 6.79. The van der Waals surface area contributed by atoms with Crippen molar-refractivity contribution in [2.24, 2.45) is 5.10 Å². The molecular formula is C22H36N2O. The molecule has 0 saturated heterocycles. The summed E-state index contributed by atoms with van der Waals surface area (Å²) < 4.78 is 0. The smallest absolute Gasteiger partial charge is 0.240 e. The van der Waals surface area contributed by atoms with Gasteiger partial charge in [-0.2, -0.15) is 5.10 Å². The molecule has 0 aromatic heterocycles. The molecule has 1 aromatic carbocycles. The lowest BCUT2D eigenvalue weighted by atomic mass is 10.1. The highest BCUT2D eigenvalue weighted by Crippen LogP contribution is 2.10. The Kier molecular flexibility index (Phi) is 12.6. The zero-order chi connectivity index (χ0) is 18.2. The van der Waals surface area contributed by atoms with E-state index in [0.717, 1.165) is 37.0 Å². The van der Waals surface area contributed by atoms with Gasteiger partial charge >= 0.3 is 0 Å². The number of carbonyl (C=O) groups excluding carboxylic acids is 1. The molecule has 0 aliphatic heterocycles. The molecule has 0 saturated carbocycles. The van der Waals surface area contributed by atoms with Crippen molar-refractivity contribution in [2.45, 2.75) is 90.9 Å². The molecule has 0 bridgehead atoms. The first-order valence-corrected chi connectivity index (χ1v) is 10.2. The van der Waals surface area contributed by atoms with Crippen molar-refractivity contribution in [1.82, 2.24) is 5.43 Å². The lowest BCUT2D eigenvalue weighted by molar-refractivity contribution is -0.121. The minimum Gasteiger partial charge on any atom is -0.273 e. The van der Waals surface area contributed by atoms with Crippen LogP contribution in [0.25, 0.3) is 0 Å². The summed E-state index contributed by atoms with van der Waals surface area (Å²) in [6.07, 6.45) is 13.9. The molecule has 0 aliphatic carbocycles. The van der Waals surface area contributed by atoms with E-state index in [1.54, 1.807) is 0 Å². The molecular weight excluding hydrogens is 308 g/mol. The molecule has 3 nitrogen and oxygen atoms in total. The summed E-state index contributed by atoms with van der Waals surface area (Å²) in [5, 5.41) is 4.36. The number of carbonyl (C=O) groups is 1. The monoisotopic (exact) mass is 344 g/mol. The second kappa shape index (κ2) is 14.7. The minimum absolute atomic E-state index is 0.0347. The van der Waals surface area contributed by atoms with Gasteiger partial charge in [0.2, 0.25) is 5.91 Å². The third-order valence-electron chi connectivity index (χ3n) is 4.42. The summed E-state index contributed by atoms with van der Waals surface area (Å²) >= 11 is 0. The molecule has 3 heteroatoms. The fraction of sp³-hybridized carbons (Fsp3) is 0.636. The van der Waals surface area contributed by atoms with E-state index in [-0.39, 0.29) is 5.91 Å². The molecule has 1 aromatic rings. The average molecular weight is 345 g/mol. The number of nitrogens with zero attached hydrogens (tertiary/aromatic N) is 1. The SMILES string of the molecule is CCCCCCCCCCCC(=O)NN=C(CCC)c1ccccc1. The van der Waals surface area contributed by atoms with Crippen molar-refractivity contribution in [2.75, 3.05) is 0 Å². The Morgan fingerprint density at radius 1 is 0.800 bits per heavy atom. The molecule has 0 radical (unpaired) electrons. The molecule has 0 unspecified atom stereocenters. The second-order valence-electron chi connectivity index (χ2n) is 6.79. The van der Waals surface area contributed by atoms with E-state index in [9.17, 15) is 4.79 Å². The van der Waals surface area contributed by atoms with Gasteiger partial charge in [0.25, 0.3) is 0 Å². The van der Waals surface area contributed by atoms with E-state index in [1.165, 1.54) is 44.9 Å². The van der Waals surface area contributed by atoms with E-state index in [1.807, 2.05) is 30.3 Å². The Hall–Kier alpha value is -1.64. The third kappa shape index (κ3) is 10.8. The van der Waals surface area contributed by atoms with Crippen molar-refractivity contribution in [3.8, 4) is 0 Å². The standard InChI is InChI=1S/C22H36N2O/c1-3-5-6-7-8-9-10-11-15-19-22(25)24-23-21(16-4-2)20-17-13-12-14-18-20/h12-14,17-18H,3-11,15-16,19H2,1-2H3,(H,24,25). The molecule has 0 spiro atoms. The van der Waals surface area contributed by atoms with Crippen LogP contribution in [0.15, 0.2) is 35.4 Å². The molecule has 1 amide bonds. The van der Waals surface area contributed by atoms with Crippen molar-refractivity contribution >= 4 is 11.6 Å². The number of amides is 1. The minimum atomic E-state index is 0.0347. The van der Waals surface area contributed by atoms with Crippen LogP contribution in [0.2, 0.25) is 0 Å². The van der Waals surface area contributed by atoms with Gasteiger partial charge in [-0.3, -0.25) is 4.79 Å². The van der Waals surface area contributed by atoms with Gasteiger partial charge in [0.05, 0.1) is 5.71 Å². The van der Waals surface area contributed by atoms with Crippen molar-refractivity contribution in [1.29, 1.82) is 0 Å². The number of hydrogen-bond donors (Lipinski definition) is 1. The van der Waals surface area contributed by atoms with Crippen LogP contribution in [0.3, 0.4) is 0 Å². The zero-order valence-corrected chi connectivity index (χ0v) is 16.2. The van der Waals surface area contributed by atoms with E-state index in [0.29, 0.717) is 6.42 Å². The number of nitrogens with one attached hydrogen (secondary N) is 1. The summed E-state index contributed by atoms with van der Waals surface area (Å²) in [5.74, 6) is 0.0347. The molecule has 140 valence electrons. The summed E-state index contributed by atoms with van der Waals surface area (Å²) in [6, 6.07) is 10.1. The predicted molar refractivity (Wildman–Crippen MR) is 108 cm³/mol. The first kappa shape index (κ1) is 21.4. The Morgan fingerprint density at radius 2 is 1.40 bits per heavy atom. The van der Waals surface area contributed by atoms with Crippen LogP contribution in [0.4, 0.5) is 0 Å². The van der Waals surface area contributed by atoms with Crippen LogP contribution < -0.4 is 5.43 Å². The van der Waals surface area contributed by atoms with E-state index < -0.39 is 0 Å². The number of hydrazone groups is 1. The Bertz CT molecular complexity index is 482. The summed E-state index contributed by atoms with van der Waals surface area (Å²) in [6.45, 7) is 4.38. The first-order valence-electron chi connectivity index (χ1n) is 10.2. The van der Waals surface area contributed by atoms with Gasteiger partial charge in [-0.1, -0.05) is 102 Å². The van der Waals surface area contributed by atoms with Gasteiger partial charge in [0, 0.05) is 6.42 Å². The molecule has 0 fully saturated rings. The number of rotatable bonds is 14. The highest BCUT2D eigenvalue weighted by molar-refractivity contribution is 6.01. The average Bonchev–Trinajstić information content (AvgIpc) is 2.64. The van der Waals surface area contributed by atoms with E-state index in [2.05, 4.69) is 24.4 Å². The maximum absolute atomic E-state index is 12.0. The van der Waals surface area contributed by atoms with Crippen LogP contribution in [-0.4, -0.2) is 11.6 Å². The lowest BCUT2D eigenvalue weighted by Crippen LogP contribution is -2.19. The fourth-order valence-electron chi connectivity index (χ4n) is 2.91. The topological polar surface area (TPSA) is 41.5 Å². The molecule has 25 heavy (non-hydrogen) atoms. The molecule has 0 heterocycles. The summed E-state index contributed by atoms with van der Waals surface area (Å²) in [5.41, 5.74) is 4.79. The molecule has 0 atom stereocenters. The number of benzene rings is 1. The quantitative estimate of drug-likeness (QED) is 0.243. The van der Waals surface area contributed by atoms with Crippen LogP contribution in [0.5, 0.6) is 0 Å². The van der Waals surface area contributed by atoms with Crippen LogP contribution in [0.1, 0.15) is 96.5 Å². The summed E-state index contributed by atoms with van der Waals surface area (Å²) in [4.78, 5) is 12.0. The zero-order valence-electron chi connectivity index (χ0n) is 16.2. The Labute approximate surface area is 154 Å². The highest BCUT2D eigenvalue weighted by atomic mass is 16.2. The Morgan fingerprint density at radius 3 is 2.00 bits per heavy atom. The van der Waals surface area contributed by atoms with Gasteiger partial charge in [0.15, 0.2) is 0 Å². The third-order valence-corrected chi connectivity index (χ3v) is 4.42. The largest absolute Gasteiger partial charge is 0.273 e. The first-order chi connectivity index (χ1) is 12.3. The van der Waals surface area contributed by atoms with Gasteiger partial charge < -0.3 is 0 Å². The van der Waals surface area contributed by atoms with Crippen LogP contribution in [-0.2, 0) is 4.79 Å².